The summed E-state index contributed by atoms with van der Waals surface area (Å²) >= 11 is 0. The van der Waals surface area contributed by atoms with E-state index in [0.717, 1.165) is 18.3 Å². The van der Waals surface area contributed by atoms with E-state index >= 15 is 0 Å². The average molecular weight is 427 g/mol. The lowest BCUT2D eigenvalue weighted by molar-refractivity contribution is -0.160. The van der Waals surface area contributed by atoms with E-state index in [1.807, 2.05) is 0 Å². The zero-order chi connectivity index (χ0) is 22.4. The van der Waals surface area contributed by atoms with Gasteiger partial charge in [0.05, 0.1) is 0 Å². The molecular weight excluding hydrogens is 376 g/mol. The Labute approximate surface area is 192 Å². The third kappa shape index (κ3) is 2.70. The fraction of sp³-hybridized carbons (Fsp3) is 0.967. The Balaban J connectivity index is 1.43. The van der Waals surface area contributed by atoms with Gasteiger partial charge in [-0.1, -0.05) is 74.1 Å². The minimum absolute atomic E-state index is 0.0573. The third-order valence-corrected chi connectivity index (χ3v) is 12.9. The molecule has 8 atom stereocenters. The van der Waals surface area contributed by atoms with Crippen LogP contribution in [-0.2, 0) is 4.79 Å². The van der Waals surface area contributed by atoms with Crippen LogP contribution < -0.4 is 0 Å². The molecular formula is C30H50O. The molecule has 1 nitrogen and oxygen atoms in total. The van der Waals surface area contributed by atoms with Crippen LogP contribution in [0.2, 0.25) is 0 Å². The molecule has 5 saturated carbocycles. The first-order chi connectivity index (χ1) is 14.4. The van der Waals surface area contributed by atoms with Gasteiger partial charge in [-0.15, -0.1) is 0 Å². The molecule has 0 bridgehead atoms. The van der Waals surface area contributed by atoms with Crippen molar-refractivity contribution in [3.8, 4) is 0 Å². The number of fused-ring (bicyclic) bond motifs is 2. The number of hydrogen-bond acceptors (Lipinski definition) is 1. The highest BCUT2D eigenvalue weighted by atomic mass is 16.1. The Morgan fingerprint density at radius 2 is 1.55 bits per heavy atom. The smallest absolute Gasteiger partial charge is 0.139 e. The highest BCUT2D eigenvalue weighted by molar-refractivity contribution is 5.89. The molecule has 0 aromatic carbocycles. The summed E-state index contributed by atoms with van der Waals surface area (Å²) < 4.78 is 0. The van der Waals surface area contributed by atoms with Crippen molar-refractivity contribution in [3.05, 3.63) is 0 Å². The van der Waals surface area contributed by atoms with Gasteiger partial charge in [-0.05, 0) is 96.2 Å². The number of Topliss-reactive ketones (excluding diaryl/α,β-unsaturated/α-hetero) is 1. The summed E-state index contributed by atoms with van der Waals surface area (Å²) in [5.74, 6) is 4.36. The van der Waals surface area contributed by atoms with Crippen LogP contribution in [0.15, 0.2) is 0 Å². The molecule has 0 aromatic heterocycles. The number of carbonyl (C=O) groups is 1. The number of rotatable bonds is 5. The second kappa shape index (κ2) is 6.85. The van der Waals surface area contributed by atoms with Gasteiger partial charge in [0, 0.05) is 11.8 Å². The van der Waals surface area contributed by atoms with Gasteiger partial charge in [-0.3, -0.25) is 4.79 Å². The summed E-state index contributed by atoms with van der Waals surface area (Å²) in [4.78, 5) is 13.9. The largest absolute Gasteiger partial charge is 0.299 e. The lowest BCUT2D eigenvalue weighted by Gasteiger charge is -2.62. The Morgan fingerprint density at radius 1 is 0.871 bits per heavy atom. The van der Waals surface area contributed by atoms with Gasteiger partial charge in [0.25, 0.3) is 0 Å². The van der Waals surface area contributed by atoms with Crippen LogP contribution in [0.3, 0.4) is 0 Å². The minimum Gasteiger partial charge on any atom is -0.299 e. The highest BCUT2D eigenvalue weighted by Gasteiger charge is 2.82. The zero-order valence-corrected chi connectivity index (χ0v) is 21.8. The molecule has 0 amide bonds. The Hall–Kier alpha value is -0.330. The van der Waals surface area contributed by atoms with Crippen LogP contribution >= 0.6 is 0 Å². The molecule has 0 heterocycles. The van der Waals surface area contributed by atoms with E-state index in [1.165, 1.54) is 70.6 Å². The van der Waals surface area contributed by atoms with Crippen LogP contribution in [0, 0.1) is 56.7 Å². The molecule has 31 heavy (non-hydrogen) atoms. The SMILES string of the molecule is CC(C)CCC[C@@H](C)[C@H]1CC(=O)[C@@]2(C)[C@H]3CC[C@H]4C(C)(C)CCC[C@@]45C[C@@]35CC[C@]12C. The number of hydrogen-bond donors (Lipinski definition) is 0. The van der Waals surface area contributed by atoms with E-state index < -0.39 is 0 Å². The van der Waals surface area contributed by atoms with Crippen molar-refractivity contribution >= 4 is 5.78 Å². The standard InChI is InChI=1S/C30H50O/c1-20(2)10-8-11-21(3)22-18-25(31)28(7)24-13-12-23-26(4,5)14-9-15-29(23)19-30(24,29)17-16-27(22,28)6/h20-24H,8-19H2,1-7H3/t21-,22-,23+,24-,27-,28-,29-,30+/m1/s1. The molecule has 176 valence electrons. The fourth-order valence-corrected chi connectivity index (χ4v) is 11.1. The van der Waals surface area contributed by atoms with E-state index in [0.29, 0.717) is 39.8 Å². The summed E-state index contributed by atoms with van der Waals surface area (Å²) in [6.07, 6.45) is 16.1. The Morgan fingerprint density at radius 3 is 2.26 bits per heavy atom. The predicted octanol–water partition coefficient (Wildman–Crippen LogP) is 8.46. The quantitative estimate of drug-likeness (QED) is 0.431. The second-order valence-electron chi connectivity index (χ2n) is 14.7. The molecule has 5 fully saturated rings. The molecule has 0 aliphatic heterocycles. The monoisotopic (exact) mass is 426 g/mol. The van der Waals surface area contributed by atoms with E-state index in [9.17, 15) is 4.79 Å². The van der Waals surface area contributed by atoms with E-state index in [-0.39, 0.29) is 10.8 Å². The topological polar surface area (TPSA) is 17.1 Å². The van der Waals surface area contributed by atoms with Crippen molar-refractivity contribution in [1.29, 1.82) is 0 Å². The van der Waals surface area contributed by atoms with Crippen LogP contribution in [0.1, 0.15) is 126 Å². The lowest BCUT2D eigenvalue weighted by Crippen LogP contribution is -2.57. The molecule has 0 unspecified atom stereocenters. The summed E-state index contributed by atoms with van der Waals surface area (Å²) in [6, 6.07) is 0. The van der Waals surface area contributed by atoms with Crippen molar-refractivity contribution in [2.24, 2.45) is 56.7 Å². The predicted molar refractivity (Wildman–Crippen MR) is 130 cm³/mol. The zero-order valence-electron chi connectivity index (χ0n) is 21.8. The van der Waals surface area contributed by atoms with Crippen LogP contribution in [0.25, 0.3) is 0 Å². The van der Waals surface area contributed by atoms with Gasteiger partial charge in [-0.2, -0.15) is 0 Å². The van der Waals surface area contributed by atoms with Gasteiger partial charge in [0.2, 0.25) is 0 Å². The van der Waals surface area contributed by atoms with Crippen molar-refractivity contribution in [2.75, 3.05) is 0 Å². The van der Waals surface area contributed by atoms with Crippen LogP contribution in [0.5, 0.6) is 0 Å². The summed E-state index contributed by atoms with van der Waals surface area (Å²) in [5, 5.41) is 0. The fourth-order valence-electron chi connectivity index (χ4n) is 11.1. The Bertz CT molecular complexity index is 750. The third-order valence-electron chi connectivity index (χ3n) is 12.9. The molecule has 0 saturated heterocycles. The van der Waals surface area contributed by atoms with E-state index in [1.54, 1.807) is 0 Å². The normalized spacial score (nSPS) is 51.0. The van der Waals surface area contributed by atoms with E-state index in [4.69, 9.17) is 0 Å². The highest BCUT2D eigenvalue weighted by Crippen LogP contribution is 2.88. The first-order valence-corrected chi connectivity index (χ1v) is 14.0. The molecule has 5 aliphatic carbocycles. The Kier molecular flexibility index (Phi) is 4.96. The first-order valence-electron chi connectivity index (χ1n) is 14.0. The molecule has 2 spiro atoms. The maximum Gasteiger partial charge on any atom is 0.139 e. The second-order valence-corrected chi connectivity index (χ2v) is 14.7. The number of ketones is 1. The van der Waals surface area contributed by atoms with Gasteiger partial charge in [0.1, 0.15) is 5.78 Å². The maximum absolute atomic E-state index is 13.9. The van der Waals surface area contributed by atoms with Crippen molar-refractivity contribution in [3.63, 3.8) is 0 Å². The van der Waals surface area contributed by atoms with Gasteiger partial charge in [-0.25, -0.2) is 0 Å². The van der Waals surface area contributed by atoms with E-state index in [2.05, 4.69) is 48.5 Å². The molecule has 0 radical (unpaired) electrons. The van der Waals surface area contributed by atoms with Gasteiger partial charge in [0.15, 0.2) is 0 Å². The van der Waals surface area contributed by atoms with Crippen molar-refractivity contribution in [1.82, 2.24) is 0 Å². The minimum atomic E-state index is -0.0573. The summed E-state index contributed by atoms with van der Waals surface area (Å²) in [5.41, 5.74) is 1.81. The van der Waals surface area contributed by atoms with Crippen LogP contribution in [0.4, 0.5) is 0 Å². The molecule has 1 heteroatoms. The summed E-state index contributed by atoms with van der Waals surface area (Å²) in [6.45, 7) is 17.3. The average Bonchev–Trinajstić information content (AvgIpc) is 3.29. The maximum atomic E-state index is 13.9. The number of carbonyl (C=O) groups excluding carboxylic acids is 1. The first kappa shape index (κ1) is 22.5. The molecule has 5 aliphatic rings. The lowest BCUT2D eigenvalue weighted by atomic mass is 9.42. The van der Waals surface area contributed by atoms with Crippen LogP contribution in [-0.4, -0.2) is 5.78 Å². The molecule has 5 rings (SSSR count). The van der Waals surface area contributed by atoms with Crippen molar-refractivity contribution in [2.45, 2.75) is 126 Å². The molecule has 0 N–H and O–H groups in total. The van der Waals surface area contributed by atoms with Crippen molar-refractivity contribution < 1.29 is 4.79 Å². The molecule has 0 aromatic rings. The summed E-state index contributed by atoms with van der Waals surface area (Å²) in [7, 11) is 0. The van der Waals surface area contributed by atoms with Gasteiger partial charge < -0.3 is 0 Å². The van der Waals surface area contributed by atoms with Gasteiger partial charge >= 0.3 is 0 Å².